The molecule has 2 fully saturated rings. The zero-order valence-corrected chi connectivity index (χ0v) is 17.1. The first-order chi connectivity index (χ1) is 14.3. The molecule has 0 unspecified atom stereocenters. The molecule has 1 aliphatic heterocycles. The van der Waals surface area contributed by atoms with Crippen molar-refractivity contribution in [3.05, 3.63) is 84.2 Å². The van der Waals surface area contributed by atoms with E-state index in [9.17, 15) is 0 Å². The largest absolute Gasteiger partial charge is 0.352 e. The standard InChI is InChI=1S/C23H25N5S/c29-23-26-21(20-10-4-6-13-25-20)22(28(23)16-18-7-3-5-12-24-18)17-11-14-27(15-17)19-8-1-2-9-19/h3-7,10-15,19,21-22H,1-2,8-9,16H2,(H,26,29)/t21-,22-/m1/s1. The van der Waals surface area contributed by atoms with E-state index in [0.717, 1.165) is 16.5 Å². The average Bonchev–Trinajstić information content (AvgIpc) is 3.50. The topological polar surface area (TPSA) is 46.0 Å². The molecule has 3 aromatic rings. The molecule has 2 aliphatic rings. The summed E-state index contributed by atoms with van der Waals surface area (Å²) in [5, 5.41) is 4.28. The Labute approximate surface area is 176 Å². The summed E-state index contributed by atoms with van der Waals surface area (Å²) in [5.74, 6) is 0. The van der Waals surface area contributed by atoms with Gasteiger partial charge in [0.1, 0.15) is 0 Å². The normalized spacial score (nSPS) is 22.2. The van der Waals surface area contributed by atoms with Gasteiger partial charge in [0, 0.05) is 30.8 Å². The summed E-state index contributed by atoms with van der Waals surface area (Å²) >= 11 is 5.76. The first-order valence-corrected chi connectivity index (χ1v) is 10.8. The molecular weight excluding hydrogens is 378 g/mol. The fourth-order valence-corrected chi connectivity index (χ4v) is 4.95. The minimum Gasteiger partial charge on any atom is -0.352 e. The Hall–Kier alpha value is -2.73. The average molecular weight is 404 g/mol. The second kappa shape index (κ2) is 7.95. The van der Waals surface area contributed by atoms with Gasteiger partial charge < -0.3 is 14.8 Å². The van der Waals surface area contributed by atoms with Gasteiger partial charge in [-0.2, -0.15) is 0 Å². The zero-order valence-electron chi connectivity index (χ0n) is 16.3. The second-order valence-electron chi connectivity index (χ2n) is 7.91. The molecule has 1 N–H and O–H groups in total. The summed E-state index contributed by atoms with van der Waals surface area (Å²) in [5.41, 5.74) is 3.30. The molecule has 3 aromatic heterocycles. The minimum absolute atomic E-state index is 0.0202. The quantitative estimate of drug-likeness (QED) is 0.633. The summed E-state index contributed by atoms with van der Waals surface area (Å²) in [6.07, 6.45) is 13.4. The highest BCUT2D eigenvalue weighted by Crippen LogP contribution is 2.40. The van der Waals surface area contributed by atoms with Crippen LogP contribution >= 0.6 is 12.2 Å². The van der Waals surface area contributed by atoms with E-state index in [1.165, 1.54) is 31.2 Å². The Morgan fingerprint density at radius 2 is 1.79 bits per heavy atom. The predicted octanol–water partition coefficient (Wildman–Crippen LogP) is 4.57. The van der Waals surface area contributed by atoms with Gasteiger partial charge in [-0.05, 0) is 61.0 Å². The molecule has 1 saturated heterocycles. The van der Waals surface area contributed by atoms with E-state index in [2.05, 4.69) is 55.3 Å². The van der Waals surface area contributed by atoms with Crippen LogP contribution in [0.5, 0.6) is 0 Å². The summed E-state index contributed by atoms with van der Waals surface area (Å²) in [6.45, 7) is 0.676. The first-order valence-electron chi connectivity index (χ1n) is 10.3. The highest BCUT2D eigenvalue weighted by Gasteiger charge is 2.40. The number of pyridine rings is 2. The third-order valence-electron chi connectivity index (χ3n) is 6.08. The van der Waals surface area contributed by atoms with Crippen molar-refractivity contribution in [2.45, 2.75) is 50.4 Å². The fraction of sp³-hybridized carbons (Fsp3) is 0.348. The van der Waals surface area contributed by atoms with Crippen LogP contribution in [0, 0.1) is 0 Å². The van der Waals surface area contributed by atoms with Gasteiger partial charge in [0.05, 0.1) is 30.0 Å². The number of hydrogen-bond donors (Lipinski definition) is 1. The Kier molecular flexibility index (Phi) is 5.02. The summed E-state index contributed by atoms with van der Waals surface area (Å²) in [7, 11) is 0. The Morgan fingerprint density at radius 1 is 1.00 bits per heavy atom. The molecule has 1 saturated carbocycles. The molecule has 4 heterocycles. The van der Waals surface area contributed by atoms with Crippen molar-refractivity contribution in [2.75, 3.05) is 0 Å². The molecule has 1 aliphatic carbocycles. The van der Waals surface area contributed by atoms with Crippen LogP contribution in [0.2, 0.25) is 0 Å². The smallest absolute Gasteiger partial charge is 0.170 e. The molecule has 6 heteroatoms. The number of rotatable bonds is 5. The lowest BCUT2D eigenvalue weighted by molar-refractivity contribution is 0.307. The lowest BCUT2D eigenvalue weighted by atomic mass is 9.99. The van der Waals surface area contributed by atoms with E-state index < -0.39 is 0 Å². The van der Waals surface area contributed by atoms with Gasteiger partial charge in [0.25, 0.3) is 0 Å². The minimum atomic E-state index is 0.0202. The Balaban J connectivity index is 1.50. The van der Waals surface area contributed by atoms with Crippen LogP contribution in [0.4, 0.5) is 0 Å². The van der Waals surface area contributed by atoms with Crippen molar-refractivity contribution in [2.24, 2.45) is 0 Å². The van der Waals surface area contributed by atoms with Crippen molar-refractivity contribution in [3.63, 3.8) is 0 Å². The third-order valence-corrected chi connectivity index (χ3v) is 6.43. The molecular formula is C23H25N5S. The summed E-state index contributed by atoms with van der Waals surface area (Å²) in [4.78, 5) is 11.4. The van der Waals surface area contributed by atoms with Crippen molar-refractivity contribution >= 4 is 17.3 Å². The number of hydrogen-bond acceptors (Lipinski definition) is 3. The molecule has 29 heavy (non-hydrogen) atoms. The molecule has 0 amide bonds. The number of nitrogens with one attached hydrogen (secondary N) is 1. The van der Waals surface area contributed by atoms with Crippen LogP contribution in [0.15, 0.2) is 67.3 Å². The zero-order chi connectivity index (χ0) is 19.6. The van der Waals surface area contributed by atoms with Crippen LogP contribution in [-0.4, -0.2) is 24.5 Å². The third kappa shape index (κ3) is 3.65. The molecule has 0 spiro atoms. The van der Waals surface area contributed by atoms with E-state index in [1.54, 1.807) is 0 Å². The first kappa shape index (κ1) is 18.3. The van der Waals surface area contributed by atoms with Gasteiger partial charge in [-0.15, -0.1) is 0 Å². The lowest BCUT2D eigenvalue weighted by Crippen LogP contribution is -2.29. The van der Waals surface area contributed by atoms with Gasteiger partial charge in [-0.25, -0.2) is 0 Å². The highest BCUT2D eigenvalue weighted by atomic mass is 32.1. The van der Waals surface area contributed by atoms with E-state index in [4.69, 9.17) is 12.2 Å². The van der Waals surface area contributed by atoms with Gasteiger partial charge in [0.2, 0.25) is 0 Å². The lowest BCUT2D eigenvalue weighted by Gasteiger charge is -2.27. The van der Waals surface area contributed by atoms with E-state index in [0.29, 0.717) is 12.6 Å². The van der Waals surface area contributed by atoms with Crippen molar-refractivity contribution in [1.82, 2.24) is 24.8 Å². The van der Waals surface area contributed by atoms with Crippen molar-refractivity contribution in [3.8, 4) is 0 Å². The van der Waals surface area contributed by atoms with Crippen molar-refractivity contribution in [1.29, 1.82) is 0 Å². The maximum absolute atomic E-state index is 5.76. The molecule has 148 valence electrons. The molecule has 5 rings (SSSR count). The molecule has 5 nitrogen and oxygen atoms in total. The fourth-order valence-electron chi connectivity index (χ4n) is 4.64. The monoisotopic (exact) mass is 403 g/mol. The van der Waals surface area contributed by atoms with Gasteiger partial charge >= 0.3 is 0 Å². The van der Waals surface area contributed by atoms with Gasteiger partial charge in [-0.3, -0.25) is 9.97 Å². The Bertz CT molecular complexity index is 965. The SMILES string of the molecule is S=C1N[C@H](c2ccccn2)[C@@H](c2ccn(C3CCCC3)c2)N1Cc1ccccn1. The molecule has 0 radical (unpaired) electrons. The van der Waals surface area contributed by atoms with Crippen LogP contribution in [0.25, 0.3) is 0 Å². The second-order valence-corrected chi connectivity index (χ2v) is 8.29. The number of nitrogens with zero attached hydrogens (tertiary/aromatic N) is 4. The maximum Gasteiger partial charge on any atom is 0.170 e. The van der Waals surface area contributed by atoms with E-state index >= 15 is 0 Å². The van der Waals surface area contributed by atoms with E-state index in [1.807, 2.05) is 36.7 Å². The Morgan fingerprint density at radius 3 is 2.52 bits per heavy atom. The van der Waals surface area contributed by atoms with Crippen LogP contribution in [-0.2, 0) is 6.54 Å². The molecule has 0 aromatic carbocycles. The molecule has 2 atom stereocenters. The van der Waals surface area contributed by atoms with Crippen LogP contribution < -0.4 is 5.32 Å². The van der Waals surface area contributed by atoms with Crippen LogP contribution in [0.3, 0.4) is 0 Å². The summed E-state index contributed by atoms with van der Waals surface area (Å²) < 4.78 is 2.40. The number of aromatic nitrogens is 3. The van der Waals surface area contributed by atoms with E-state index in [-0.39, 0.29) is 12.1 Å². The predicted molar refractivity (Wildman–Crippen MR) is 117 cm³/mol. The van der Waals surface area contributed by atoms with Crippen molar-refractivity contribution < 1.29 is 0 Å². The number of thiocarbonyl (C=S) groups is 1. The highest BCUT2D eigenvalue weighted by molar-refractivity contribution is 7.80. The van der Waals surface area contributed by atoms with Gasteiger partial charge in [0.15, 0.2) is 5.11 Å². The maximum atomic E-state index is 5.76. The molecule has 0 bridgehead atoms. The summed E-state index contributed by atoms with van der Waals surface area (Å²) in [6, 6.07) is 15.1. The van der Waals surface area contributed by atoms with Crippen LogP contribution in [0.1, 0.15) is 60.8 Å². The van der Waals surface area contributed by atoms with Gasteiger partial charge in [-0.1, -0.05) is 25.0 Å².